The molecule has 1 unspecified atom stereocenters. The predicted octanol–water partition coefficient (Wildman–Crippen LogP) is 3.74. The molecule has 0 bridgehead atoms. The van der Waals surface area contributed by atoms with Gasteiger partial charge >= 0.3 is 0 Å². The van der Waals surface area contributed by atoms with E-state index >= 15 is 0 Å². The molecule has 0 radical (unpaired) electrons. The third-order valence-electron chi connectivity index (χ3n) is 4.11. The maximum absolute atomic E-state index is 12.5. The molecule has 2 rings (SSSR count). The zero-order chi connectivity index (χ0) is 18.8. The summed E-state index contributed by atoms with van der Waals surface area (Å²) in [6, 6.07) is 9.45. The molecular weight excluding hydrogens is 314 g/mol. The van der Waals surface area contributed by atoms with E-state index in [2.05, 4.69) is 45.0 Å². The molecule has 5 heteroatoms. The lowest BCUT2D eigenvalue weighted by Crippen LogP contribution is -2.27. The fraction of sp³-hybridized carbons (Fsp3) is 0.500. The molecule has 0 fully saturated rings. The van der Waals surface area contributed by atoms with Crippen molar-refractivity contribution in [1.82, 2.24) is 15.1 Å². The lowest BCUT2D eigenvalue weighted by atomic mass is 10.1. The first kappa shape index (κ1) is 19.2. The van der Waals surface area contributed by atoms with E-state index in [4.69, 9.17) is 0 Å². The molecule has 0 spiro atoms. The summed E-state index contributed by atoms with van der Waals surface area (Å²) >= 11 is 0. The first-order chi connectivity index (χ1) is 11.6. The van der Waals surface area contributed by atoms with Crippen molar-refractivity contribution >= 4 is 5.91 Å². The highest BCUT2D eigenvalue weighted by molar-refractivity contribution is 5.92. The number of nitrogens with one attached hydrogen (secondary N) is 1. The van der Waals surface area contributed by atoms with E-state index in [1.807, 2.05) is 35.0 Å². The molecule has 0 saturated heterocycles. The average Bonchev–Trinajstić information content (AvgIpc) is 2.99. The molecule has 1 aromatic carbocycles. The zero-order valence-electron chi connectivity index (χ0n) is 16.0. The van der Waals surface area contributed by atoms with Crippen molar-refractivity contribution in [2.24, 2.45) is 0 Å². The highest BCUT2D eigenvalue weighted by Gasteiger charge is 2.23. The van der Waals surface area contributed by atoms with E-state index in [0.717, 1.165) is 16.8 Å². The van der Waals surface area contributed by atoms with E-state index in [0.29, 0.717) is 18.2 Å². The summed E-state index contributed by atoms with van der Waals surface area (Å²) in [5.41, 5.74) is 3.17. The van der Waals surface area contributed by atoms with Crippen molar-refractivity contribution in [3.05, 3.63) is 52.8 Å². The fourth-order valence-corrected chi connectivity index (χ4v) is 2.64. The van der Waals surface area contributed by atoms with Gasteiger partial charge in [-0.25, -0.2) is 0 Å². The molecule has 0 aliphatic heterocycles. The third-order valence-corrected chi connectivity index (χ3v) is 4.11. The van der Waals surface area contributed by atoms with Crippen LogP contribution in [0.25, 0.3) is 0 Å². The van der Waals surface area contributed by atoms with Crippen LogP contribution in [0.4, 0.5) is 0 Å². The number of carbonyl (C=O) groups is 1. The van der Waals surface area contributed by atoms with Crippen molar-refractivity contribution in [2.75, 3.05) is 0 Å². The molecule has 1 amide bonds. The van der Waals surface area contributed by atoms with Crippen LogP contribution >= 0.6 is 0 Å². The second-order valence-electron chi connectivity index (χ2n) is 7.79. The quantitative estimate of drug-likeness (QED) is 0.869. The highest BCUT2D eigenvalue weighted by Crippen LogP contribution is 2.23. The SMILES string of the molecule is CC(C)c1cc(C(=O)NCc2ccc(C(C)O)cc2)nn1C(C)(C)C. The Morgan fingerprint density at radius 3 is 2.24 bits per heavy atom. The molecule has 5 nitrogen and oxygen atoms in total. The van der Waals surface area contributed by atoms with Crippen molar-refractivity contribution in [2.45, 2.75) is 65.6 Å². The van der Waals surface area contributed by atoms with Gasteiger partial charge in [0.15, 0.2) is 0 Å². The molecular formula is C20H29N3O2. The molecule has 0 aliphatic rings. The number of aliphatic hydroxyl groups excluding tert-OH is 1. The minimum absolute atomic E-state index is 0.172. The van der Waals surface area contributed by atoms with Gasteiger partial charge < -0.3 is 10.4 Å². The lowest BCUT2D eigenvalue weighted by Gasteiger charge is -2.23. The Bertz CT molecular complexity index is 722. The summed E-state index contributed by atoms with van der Waals surface area (Å²) in [6.45, 7) is 12.6. The molecule has 0 saturated carbocycles. The maximum atomic E-state index is 12.5. The first-order valence-corrected chi connectivity index (χ1v) is 8.75. The number of aromatic nitrogens is 2. The van der Waals surface area contributed by atoms with Crippen molar-refractivity contribution in [1.29, 1.82) is 0 Å². The number of benzene rings is 1. The molecule has 136 valence electrons. The summed E-state index contributed by atoms with van der Waals surface area (Å²) in [6.07, 6.45) is -0.487. The topological polar surface area (TPSA) is 67.2 Å². The van der Waals surface area contributed by atoms with E-state index in [9.17, 15) is 9.90 Å². The Morgan fingerprint density at radius 1 is 1.20 bits per heavy atom. The van der Waals surface area contributed by atoms with Crippen LogP contribution in [0, 0.1) is 0 Å². The van der Waals surface area contributed by atoms with Gasteiger partial charge in [-0.15, -0.1) is 0 Å². The summed E-state index contributed by atoms with van der Waals surface area (Å²) in [5.74, 6) is 0.116. The van der Waals surface area contributed by atoms with Gasteiger partial charge in [-0.05, 0) is 50.8 Å². The van der Waals surface area contributed by atoms with Gasteiger partial charge in [-0.1, -0.05) is 38.1 Å². The highest BCUT2D eigenvalue weighted by atomic mass is 16.3. The molecule has 2 N–H and O–H groups in total. The molecule has 1 aromatic heterocycles. The van der Waals surface area contributed by atoms with Crippen LogP contribution in [0.15, 0.2) is 30.3 Å². The van der Waals surface area contributed by atoms with Crippen molar-refractivity contribution in [3.63, 3.8) is 0 Å². The Labute approximate surface area is 150 Å². The zero-order valence-corrected chi connectivity index (χ0v) is 16.0. The Morgan fingerprint density at radius 2 is 1.80 bits per heavy atom. The van der Waals surface area contributed by atoms with E-state index < -0.39 is 6.10 Å². The van der Waals surface area contributed by atoms with Crippen LogP contribution in [0.1, 0.15) is 80.9 Å². The van der Waals surface area contributed by atoms with Crippen LogP contribution in [-0.2, 0) is 12.1 Å². The lowest BCUT2D eigenvalue weighted by molar-refractivity contribution is 0.0944. The minimum atomic E-state index is -0.487. The summed E-state index contributed by atoms with van der Waals surface area (Å²) in [7, 11) is 0. The monoisotopic (exact) mass is 343 g/mol. The van der Waals surface area contributed by atoms with Gasteiger partial charge in [0.1, 0.15) is 5.69 Å². The maximum Gasteiger partial charge on any atom is 0.272 e. The second-order valence-corrected chi connectivity index (χ2v) is 7.79. The van der Waals surface area contributed by atoms with Crippen LogP contribution in [0.5, 0.6) is 0 Å². The first-order valence-electron chi connectivity index (χ1n) is 8.75. The molecule has 0 aliphatic carbocycles. The van der Waals surface area contributed by atoms with Gasteiger partial charge in [-0.3, -0.25) is 9.48 Å². The van der Waals surface area contributed by atoms with Gasteiger partial charge in [0.25, 0.3) is 5.91 Å². The van der Waals surface area contributed by atoms with Crippen molar-refractivity contribution < 1.29 is 9.90 Å². The average molecular weight is 343 g/mol. The molecule has 2 aromatic rings. The molecule has 1 heterocycles. The predicted molar refractivity (Wildman–Crippen MR) is 99.6 cm³/mol. The Kier molecular flexibility index (Phi) is 5.68. The van der Waals surface area contributed by atoms with Crippen LogP contribution < -0.4 is 5.32 Å². The number of amides is 1. The Balaban J connectivity index is 2.10. The fourth-order valence-electron chi connectivity index (χ4n) is 2.64. The number of hydrogen-bond acceptors (Lipinski definition) is 3. The van der Waals surface area contributed by atoms with Crippen LogP contribution in [0.2, 0.25) is 0 Å². The van der Waals surface area contributed by atoms with Gasteiger partial charge in [-0.2, -0.15) is 5.10 Å². The number of rotatable bonds is 5. The smallest absolute Gasteiger partial charge is 0.272 e. The van der Waals surface area contributed by atoms with E-state index in [-0.39, 0.29) is 11.4 Å². The second kappa shape index (κ2) is 7.40. The third kappa shape index (κ3) is 4.69. The van der Waals surface area contributed by atoms with E-state index in [1.165, 1.54) is 0 Å². The number of aliphatic hydroxyl groups is 1. The van der Waals surface area contributed by atoms with E-state index in [1.54, 1.807) is 6.92 Å². The number of hydrogen-bond donors (Lipinski definition) is 2. The number of carbonyl (C=O) groups excluding carboxylic acids is 1. The van der Waals surface area contributed by atoms with Crippen LogP contribution in [0.3, 0.4) is 0 Å². The standard InChI is InChI=1S/C20H29N3O2/c1-13(2)18-11-17(22-23(18)20(4,5)6)19(25)21-12-15-7-9-16(10-8-15)14(3)24/h7-11,13-14,24H,12H2,1-6H3,(H,21,25). The minimum Gasteiger partial charge on any atom is -0.389 e. The summed E-state index contributed by atoms with van der Waals surface area (Å²) in [4.78, 5) is 12.5. The summed E-state index contributed by atoms with van der Waals surface area (Å²) in [5, 5.41) is 17.0. The van der Waals surface area contributed by atoms with Gasteiger partial charge in [0.2, 0.25) is 0 Å². The molecule has 25 heavy (non-hydrogen) atoms. The Hall–Kier alpha value is -2.14. The van der Waals surface area contributed by atoms with Gasteiger partial charge in [0.05, 0.1) is 11.6 Å². The van der Waals surface area contributed by atoms with Crippen molar-refractivity contribution in [3.8, 4) is 0 Å². The van der Waals surface area contributed by atoms with Crippen LogP contribution in [-0.4, -0.2) is 20.8 Å². The largest absolute Gasteiger partial charge is 0.389 e. The summed E-state index contributed by atoms with van der Waals surface area (Å²) < 4.78 is 1.93. The normalized spacial score (nSPS) is 13.1. The molecule has 1 atom stereocenters. The number of nitrogens with zero attached hydrogens (tertiary/aromatic N) is 2. The van der Waals surface area contributed by atoms with Gasteiger partial charge in [0, 0.05) is 12.2 Å².